The highest BCUT2D eigenvalue weighted by Crippen LogP contribution is 2.27. The van der Waals surface area contributed by atoms with Crippen molar-refractivity contribution in [2.45, 2.75) is 59.7 Å². The highest BCUT2D eigenvalue weighted by Gasteiger charge is 2.22. The first-order valence-corrected chi connectivity index (χ1v) is 13.2. The fourth-order valence-electron chi connectivity index (χ4n) is 3.68. The van der Waals surface area contributed by atoms with E-state index in [0.717, 1.165) is 11.2 Å². The van der Waals surface area contributed by atoms with Crippen molar-refractivity contribution in [3.05, 3.63) is 59.2 Å². The van der Waals surface area contributed by atoms with Gasteiger partial charge in [-0.05, 0) is 72.7 Å². The Balaban J connectivity index is 2.28. The minimum absolute atomic E-state index is 0.591. The second-order valence-corrected chi connectivity index (χ2v) is 13.8. The SMILES string of the molecule is CCC(C)c1ccc2nc(-c3cc(C)cc(C)c3)cc([Si](C)(C)C)c2c1. The standard InChI is InChI=1S/C24H31NSi/c1-8-18(4)19-9-10-22-21(14-19)24(26(5,6)7)15-23(25-22)20-12-16(2)11-17(3)13-20/h9-15,18H,8H2,1-7H3. The quantitative estimate of drug-likeness (QED) is 0.478. The first kappa shape index (κ1) is 18.8. The van der Waals surface area contributed by atoms with Crippen molar-refractivity contribution in [3.8, 4) is 11.3 Å². The van der Waals surface area contributed by atoms with Gasteiger partial charge in [0.25, 0.3) is 0 Å². The van der Waals surface area contributed by atoms with Crippen molar-refractivity contribution >= 4 is 24.2 Å². The van der Waals surface area contributed by atoms with E-state index in [9.17, 15) is 0 Å². The predicted octanol–water partition coefficient (Wildman–Crippen LogP) is 6.58. The summed E-state index contributed by atoms with van der Waals surface area (Å²) in [5.41, 5.74) is 7.49. The molecule has 2 aromatic carbocycles. The Morgan fingerprint density at radius 3 is 2.15 bits per heavy atom. The van der Waals surface area contributed by atoms with Gasteiger partial charge in [0, 0.05) is 5.56 Å². The van der Waals surface area contributed by atoms with Crippen LogP contribution < -0.4 is 5.19 Å². The number of benzene rings is 2. The van der Waals surface area contributed by atoms with Crippen molar-refractivity contribution < 1.29 is 0 Å². The van der Waals surface area contributed by atoms with Gasteiger partial charge in [-0.3, -0.25) is 0 Å². The number of hydrogen-bond donors (Lipinski definition) is 0. The highest BCUT2D eigenvalue weighted by atomic mass is 28.3. The fourth-order valence-corrected chi connectivity index (χ4v) is 5.25. The molecule has 0 aliphatic rings. The molecule has 3 rings (SSSR count). The summed E-state index contributed by atoms with van der Waals surface area (Å²) in [6.45, 7) is 16.2. The molecule has 0 aliphatic carbocycles. The molecule has 0 saturated heterocycles. The van der Waals surface area contributed by atoms with Crippen LogP contribution in [-0.4, -0.2) is 13.1 Å². The molecule has 0 radical (unpaired) electrons. The van der Waals surface area contributed by atoms with Crippen molar-refractivity contribution in [2.24, 2.45) is 0 Å². The van der Waals surface area contributed by atoms with Crippen LogP contribution in [0.2, 0.25) is 19.6 Å². The maximum absolute atomic E-state index is 5.05. The third-order valence-electron chi connectivity index (χ3n) is 5.34. The summed E-state index contributed by atoms with van der Waals surface area (Å²) >= 11 is 0. The molecule has 1 unspecified atom stereocenters. The Morgan fingerprint density at radius 2 is 1.58 bits per heavy atom. The fraction of sp³-hybridized carbons (Fsp3) is 0.375. The molecule has 0 spiro atoms. The van der Waals surface area contributed by atoms with Gasteiger partial charge in [-0.1, -0.05) is 56.7 Å². The van der Waals surface area contributed by atoms with Gasteiger partial charge in [0.2, 0.25) is 0 Å². The Kier molecular flexibility index (Phi) is 5.07. The number of rotatable bonds is 4. The Bertz CT molecular complexity index is 930. The van der Waals surface area contributed by atoms with Crippen LogP contribution in [0, 0.1) is 13.8 Å². The van der Waals surface area contributed by atoms with Crippen molar-refractivity contribution in [3.63, 3.8) is 0 Å². The van der Waals surface area contributed by atoms with Gasteiger partial charge in [0.15, 0.2) is 0 Å². The number of hydrogen-bond acceptors (Lipinski definition) is 1. The number of pyridine rings is 1. The summed E-state index contributed by atoms with van der Waals surface area (Å²) in [6.07, 6.45) is 1.17. The first-order valence-electron chi connectivity index (χ1n) is 9.73. The van der Waals surface area contributed by atoms with E-state index in [1.54, 1.807) is 0 Å². The molecule has 3 aromatic rings. The molecule has 0 amide bonds. The van der Waals surface area contributed by atoms with Crippen LogP contribution in [0.5, 0.6) is 0 Å². The van der Waals surface area contributed by atoms with E-state index >= 15 is 0 Å². The highest BCUT2D eigenvalue weighted by molar-refractivity contribution is 6.90. The number of aryl methyl sites for hydroxylation is 2. The summed E-state index contributed by atoms with van der Waals surface area (Å²) < 4.78 is 0. The Hall–Kier alpha value is -1.93. The molecular formula is C24H31NSi. The predicted molar refractivity (Wildman–Crippen MR) is 118 cm³/mol. The van der Waals surface area contributed by atoms with Crippen LogP contribution >= 0.6 is 0 Å². The first-order chi connectivity index (χ1) is 12.2. The van der Waals surface area contributed by atoms with Gasteiger partial charge in [0.05, 0.1) is 19.3 Å². The maximum atomic E-state index is 5.05. The zero-order valence-electron chi connectivity index (χ0n) is 17.3. The van der Waals surface area contributed by atoms with Crippen LogP contribution in [0.25, 0.3) is 22.2 Å². The van der Waals surface area contributed by atoms with Crippen LogP contribution in [-0.2, 0) is 0 Å². The molecule has 1 heterocycles. The van der Waals surface area contributed by atoms with E-state index in [0.29, 0.717) is 5.92 Å². The van der Waals surface area contributed by atoms with Crippen LogP contribution in [0.4, 0.5) is 0 Å². The molecular weight excluding hydrogens is 330 g/mol. The molecule has 0 saturated carbocycles. The monoisotopic (exact) mass is 361 g/mol. The smallest absolute Gasteiger partial charge is 0.0785 e. The minimum atomic E-state index is -1.50. The molecule has 0 aliphatic heterocycles. The van der Waals surface area contributed by atoms with Gasteiger partial charge in [-0.25, -0.2) is 4.98 Å². The molecule has 1 nitrogen and oxygen atoms in total. The van der Waals surface area contributed by atoms with E-state index < -0.39 is 8.07 Å². The van der Waals surface area contributed by atoms with Crippen LogP contribution in [0.3, 0.4) is 0 Å². The minimum Gasteiger partial charge on any atom is -0.248 e. The molecule has 1 atom stereocenters. The molecule has 26 heavy (non-hydrogen) atoms. The summed E-state index contributed by atoms with van der Waals surface area (Å²) in [7, 11) is -1.50. The third-order valence-corrected chi connectivity index (χ3v) is 7.37. The second-order valence-electron chi connectivity index (χ2n) is 8.77. The molecule has 0 bridgehead atoms. The van der Waals surface area contributed by atoms with Crippen molar-refractivity contribution in [1.82, 2.24) is 4.98 Å². The normalized spacial score (nSPS) is 13.2. The Morgan fingerprint density at radius 1 is 0.923 bits per heavy atom. The summed E-state index contributed by atoms with van der Waals surface area (Å²) in [4.78, 5) is 5.05. The van der Waals surface area contributed by atoms with E-state index in [-0.39, 0.29) is 0 Å². The zero-order chi connectivity index (χ0) is 19.1. The molecule has 0 fully saturated rings. The second kappa shape index (κ2) is 7.00. The average molecular weight is 362 g/mol. The van der Waals surface area contributed by atoms with E-state index in [4.69, 9.17) is 4.98 Å². The van der Waals surface area contributed by atoms with E-state index in [1.165, 1.54) is 39.2 Å². The lowest BCUT2D eigenvalue weighted by Crippen LogP contribution is -2.38. The lowest BCUT2D eigenvalue weighted by atomic mass is 9.96. The number of nitrogens with zero attached hydrogens (tertiary/aromatic N) is 1. The van der Waals surface area contributed by atoms with Crippen LogP contribution in [0.1, 0.15) is 42.9 Å². The lowest BCUT2D eigenvalue weighted by Gasteiger charge is -2.22. The molecule has 1 aromatic heterocycles. The Labute approximate surface area is 159 Å². The maximum Gasteiger partial charge on any atom is 0.0785 e. The van der Waals surface area contributed by atoms with E-state index in [1.807, 2.05) is 0 Å². The number of fused-ring (bicyclic) bond motifs is 1. The average Bonchev–Trinajstić information content (AvgIpc) is 2.57. The summed E-state index contributed by atoms with van der Waals surface area (Å²) in [5.74, 6) is 0.591. The van der Waals surface area contributed by atoms with Gasteiger partial charge in [-0.2, -0.15) is 0 Å². The van der Waals surface area contributed by atoms with Crippen molar-refractivity contribution in [1.29, 1.82) is 0 Å². The zero-order valence-corrected chi connectivity index (χ0v) is 18.3. The lowest BCUT2D eigenvalue weighted by molar-refractivity contribution is 0.735. The van der Waals surface area contributed by atoms with Crippen LogP contribution in [0.15, 0.2) is 42.5 Å². The number of aromatic nitrogens is 1. The topological polar surface area (TPSA) is 12.9 Å². The van der Waals surface area contributed by atoms with Crippen molar-refractivity contribution in [2.75, 3.05) is 0 Å². The summed E-state index contributed by atoms with van der Waals surface area (Å²) in [6, 6.07) is 16.0. The van der Waals surface area contributed by atoms with Gasteiger partial charge in [0.1, 0.15) is 0 Å². The van der Waals surface area contributed by atoms with Gasteiger partial charge < -0.3 is 0 Å². The van der Waals surface area contributed by atoms with Gasteiger partial charge in [-0.15, -0.1) is 0 Å². The largest absolute Gasteiger partial charge is 0.248 e. The molecule has 0 N–H and O–H groups in total. The molecule has 2 heteroatoms. The molecule has 136 valence electrons. The summed E-state index contributed by atoms with van der Waals surface area (Å²) in [5, 5.41) is 2.87. The van der Waals surface area contributed by atoms with Gasteiger partial charge >= 0.3 is 0 Å². The van der Waals surface area contributed by atoms with E-state index in [2.05, 4.69) is 89.8 Å². The third kappa shape index (κ3) is 3.76.